The van der Waals surface area contributed by atoms with Gasteiger partial charge in [0.2, 0.25) is 5.91 Å². The Morgan fingerprint density at radius 1 is 1.20 bits per heavy atom. The fourth-order valence-corrected chi connectivity index (χ4v) is 4.32. The Labute approximate surface area is 183 Å². The fourth-order valence-electron chi connectivity index (χ4n) is 4.00. The average Bonchev–Trinajstić information content (AvgIpc) is 2.96. The van der Waals surface area contributed by atoms with E-state index in [1.54, 1.807) is 11.6 Å². The predicted octanol–water partition coefficient (Wildman–Crippen LogP) is 4.01. The zero-order chi connectivity index (χ0) is 21.8. The molecule has 1 heterocycles. The van der Waals surface area contributed by atoms with Crippen LogP contribution in [0, 0.1) is 19.8 Å². The molecule has 30 heavy (non-hydrogen) atoms. The van der Waals surface area contributed by atoms with Crippen molar-refractivity contribution in [3.05, 3.63) is 51.8 Å². The van der Waals surface area contributed by atoms with Gasteiger partial charge in [-0.2, -0.15) is 5.10 Å². The molecule has 0 spiro atoms. The van der Waals surface area contributed by atoms with E-state index in [4.69, 9.17) is 11.6 Å². The Bertz CT molecular complexity index is 905. The summed E-state index contributed by atoms with van der Waals surface area (Å²) in [6.07, 6.45) is 3.30. The van der Waals surface area contributed by atoms with Gasteiger partial charge in [-0.15, -0.1) is 0 Å². The van der Waals surface area contributed by atoms with Crippen molar-refractivity contribution in [2.24, 2.45) is 5.92 Å². The summed E-state index contributed by atoms with van der Waals surface area (Å²) in [7, 11) is 0. The molecule has 0 saturated heterocycles. The number of halogens is 1. The lowest BCUT2D eigenvalue weighted by Crippen LogP contribution is -2.43. The van der Waals surface area contributed by atoms with E-state index in [1.807, 2.05) is 45.0 Å². The number of carbonyl (C=O) groups is 2. The van der Waals surface area contributed by atoms with Gasteiger partial charge in [0.15, 0.2) is 0 Å². The first kappa shape index (κ1) is 22.3. The zero-order valence-electron chi connectivity index (χ0n) is 18.2. The first-order valence-corrected chi connectivity index (χ1v) is 11.0. The van der Waals surface area contributed by atoms with E-state index in [9.17, 15) is 9.59 Å². The van der Waals surface area contributed by atoms with E-state index in [-0.39, 0.29) is 29.8 Å². The van der Waals surface area contributed by atoms with Crippen LogP contribution in [-0.2, 0) is 11.3 Å². The molecule has 162 valence electrons. The molecule has 1 aliphatic carbocycles. The number of nitrogens with one attached hydrogen (secondary N) is 2. The van der Waals surface area contributed by atoms with Gasteiger partial charge in [-0.25, -0.2) is 4.68 Å². The maximum absolute atomic E-state index is 13.0. The largest absolute Gasteiger partial charge is 0.354 e. The van der Waals surface area contributed by atoms with E-state index in [1.165, 1.54) is 5.56 Å². The van der Waals surface area contributed by atoms with Crippen LogP contribution in [0.4, 0.5) is 0 Å². The molecular formula is C23H31ClN4O2. The molecule has 1 aromatic carbocycles. The second-order valence-corrected chi connectivity index (χ2v) is 8.95. The number of carbonyl (C=O) groups excluding carboxylic acids is 2. The molecule has 2 unspecified atom stereocenters. The van der Waals surface area contributed by atoms with Gasteiger partial charge < -0.3 is 10.6 Å². The molecule has 2 aromatic rings. The number of nitrogens with zero attached hydrogens (tertiary/aromatic N) is 2. The second kappa shape index (κ2) is 9.65. The van der Waals surface area contributed by atoms with Gasteiger partial charge in [-0.1, -0.05) is 47.9 Å². The lowest BCUT2D eigenvalue weighted by molar-refractivity contribution is -0.126. The minimum Gasteiger partial charge on any atom is -0.354 e. The summed E-state index contributed by atoms with van der Waals surface area (Å²) in [5.41, 5.74) is 3.28. The van der Waals surface area contributed by atoms with Crippen LogP contribution in [0.3, 0.4) is 0 Å². The van der Waals surface area contributed by atoms with Crippen molar-refractivity contribution in [3.8, 4) is 0 Å². The number of amides is 2. The van der Waals surface area contributed by atoms with Crippen LogP contribution in [0.2, 0.25) is 5.15 Å². The number of hydrogen-bond donors (Lipinski definition) is 2. The van der Waals surface area contributed by atoms with Gasteiger partial charge in [0.05, 0.1) is 17.8 Å². The third-order valence-corrected chi connectivity index (χ3v) is 5.94. The fraction of sp³-hybridized carbons (Fsp3) is 0.522. The molecule has 1 saturated carbocycles. The molecule has 2 N–H and O–H groups in total. The Kier molecular flexibility index (Phi) is 7.19. The smallest absolute Gasteiger partial charge is 0.256 e. The van der Waals surface area contributed by atoms with Crippen LogP contribution in [0.5, 0.6) is 0 Å². The van der Waals surface area contributed by atoms with Gasteiger partial charge in [0.1, 0.15) is 5.15 Å². The van der Waals surface area contributed by atoms with Gasteiger partial charge in [0, 0.05) is 18.0 Å². The van der Waals surface area contributed by atoms with E-state index >= 15 is 0 Å². The van der Waals surface area contributed by atoms with Crippen LogP contribution < -0.4 is 10.6 Å². The van der Waals surface area contributed by atoms with Crippen molar-refractivity contribution in [2.45, 2.75) is 72.0 Å². The quantitative estimate of drug-likeness (QED) is 0.726. The van der Waals surface area contributed by atoms with Gasteiger partial charge in [-0.05, 0) is 52.5 Å². The molecule has 7 heteroatoms. The van der Waals surface area contributed by atoms with Crippen molar-refractivity contribution in [3.63, 3.8) is 0 Å². The molecular weight excluding hydrogens is 400 g/mol. The Morgan fingerprint density at radius 3 is 2.57 bits per heavy atom. The Balaban J connectivity index is 1.67. The van der Waals surface area contributed by atoms with Gasteiger partial charge in [0.25, 0.3) is 5.91 Å². The maximum Gasteiger partial charge on any atom is 0.256 e. The summed E-state index contributed by atoms with van der Waals surface area (Å²) in [6.45, 7) is 8.26. The van der Waals surface area contributed by atoms with Crippen molar-refractivity contribution < 1.29 is 9.59 Å². The maximum atomic E-state index is 13.0. The van der Waals surface area contributed by atoms with Crippen LogP contribution in [0.25, 0.3) is 0 Å². The summed E-state index contributed by atoms with van der Waals surface area (Å²) < 4.78 is 1.66. The second-order valence-electron chi connectivity index (χ2n) is 8.59. The summed E-state index contributed by atoms with van der Waals surface area (Å²) in [4.78, 5) is 25.3. The van der Waals surface area contributed by atoms with Gasteiger partial charge in [-0.3, -0.25) is 9.59 Å². The van der Waals surface area contributed by atoms with Crippen LogP contribution in [0.15, 0.2) is 24.3 Å². The standard InChI is InChI=1S/C23H31ClN4O2/c1-14(2)25-22(29)18-6-5-7-19(12-18)26-23(30)20-16(4)27-28(21(20)24)13-17-10-8-15(3)9-11-17/h8-11,14,18-19H,5-7,12-13H2,1-4H3,(H,25,29)(H,26,30). The van der Waals surface area contributed by atoms with Crippen LogP contribution in [-0.4, -0.2) is 33.7 Å². The first-order valence-electron chi connectivity index (χ1n) is 10.6. The highest BCUT2D eigenvalue weighted by Crippen LogP contribution is 2.26. The summed E-state index contributed by atoms with van der Waals surface area (Å²) >= 11 is 6.54. The predicted molar refractivity (Wildman–Crippen MR) is 119 cm³/mol. The summed E-state index contributed by atoms with van der Waals surface area (Å²) in [5, 5.41) is 10.9. The minimum absolute atomic E-state index is 0.0370. The topological polar surface area (TPSA) is 76.0 Å². The third kappa shape index (κ3) is 5.42. The lowest BCUT2D eigenvalue weighted by Gasteiger charge is -2.29. The lowest BCUT2D eigenvalue weighted by atomic mass is 9.85. The molecule has 3 rings (SSSR count). The van der Waals surface area contributed by atoms with Crippen LogP contribution in [0.1, 0.15) is 66.7 Å². The number of benzene rings is 1. The average molecular weight is 431 g/mol. The van der Waals surface area contributed by atoms with Crippen molar-refractivity contribution in [1.29, 1.82) is 0 Å². The molecule has 0 aliphatic heterocycles. The Hall–Kier alpha value is -2.34. The number of rotatable bonds is 6. The molecule has 1 fully saturated rings. The molecule has 2 amide bonds. The van der Waals surface area contributed by atoms with E-state index in [0.29, 0.717) is 29.4 Å². The first-order chi connectivity index (χ1) is 14.2. The molecule has 1 aliphatic rings. The highest BCUT2D eigenvalue weighted by atomic mass is 35.5. The molecule has 1 aromatic heterocycles. The molecule has 0 radical (unpaired) electrons. The zero-order valence-corrected chi connectivity index (χ0v) is 18.9. The van der Waals surface area contributed by atoms with Crippen LogP contribution >= 0.6 is 11.6 Å². The van der Waals surface area contributed by atoms with E-state index in [0.717, 1.165) is 24.8 Å². The number of aromatic nitrogens is 2. The van der Waals surface area contributed by atoms with E-state index < -0.39 is 0 Å². The van der Waals surface area contributed by atoms with E-state index in [2.05, 4.69) is 15.7 Å². The third-order valence-electron chi connectivity index (χ3n) is 5.56. The number of hydrogen-bond acceptors (Lipinski definition) is 3. The SMILES string of the molecule is Cc1ccc(Cn2nc(C)c(C(=O)NC3CCCC(C(=O)NC(C)C)C3)c2Cl)cc1. The summed E-state index contributed by atoms with van der Waals surface area (Å²) in [5.74, 6) is -0.209. The van der Waals surface area contributed by atoms with Crippen molar-refractivity contribution >= 4 is 23.4 Å². The highest BCUT2D eigenvalue weighted by molar-refractivity contribution is 6.33. The van der Waals surface area contributed by atoms with Gasteiger partial charge >= 0.3 is 0 Å². The summed E-state index contributed by atoms with van der Waals surface area (Å²) in [6, 6.07) is 8.24. The monoisotopic (exact) mass is 430 g/mol. The Morgan fingerprint density at radius 2 is 1.90 bits per heavy atom. The molecule has 6 nitrogen and oxygen atoms in total. The number of aryl methyl sites for hydroxylation is 2. The van der Waals surface area contributed by atoms with Crippen molar-refractivity contribution in [1.82, 2.24) is 20.4 Å². The normalized spacial score (nSPS) is 19.0. The van der Waals surface area contributed by atoms with Crippen molar-refractivity contribution in [2.75, 3.05) is 0 Å². The molecule has 0 bridgehead atoms. The molecule has 2 atom stereocenters. The minimum atomic E-state index is -0.220. The highest BCUT2D eigenvalue weighted by Gasteiger charge is 2.30.